The minimum Gasteiger partial charge on any atom is -0.377 e. The van der Waals surface area contributed by atoms with Gasteiger partial charge in [0.2, 0.25) is 0 Å². The van der Waals surface area contributed by atoms with E-state index in [4.69, 9.17) is 15.8 Å². The Labute approximate surface area is 164 Å². The molecule has 0 aromatic heterocycles. The molecule has 0 saturated carbocycles. The second-order valence-corrected chi connectivity index (χ2v) is 8.09. The van der Waals surface area contributed by atoms with E-state index in [0.29, 0.717) is 0 Å². The fraction of sp³-hybridized carbons (Fsp3) is 0.0952. The molecule has 3 rings (SSSR count). The van der Waals surface area contributed by atoms with Gasteiger partial charge in [-0.05, 0) is 61.9 Å². The van der Waals surface area contributed by atoms with Crippen LogP contribution in [0.2, 0.25) is 5.02 Å². The van der Waals surface area contributed by atoms with Crippen molar-refractivity contribution in [3.8, 4) is 5.75 Å². The number of benzene rings is 3. The molecule has 0 aliphatic heterocycles. The van der Waals surface area contributed by atoms with Crippen molar-refractivity contribution in [2.75, 3.05) is 0 Å². The molecule has 4 nitrogen and oxygen atoms in total. The minimum atomic E-state index is -3.94. The monoisotopic (exact) mass is 399 g/mol. The Morgan fingerprint density at radius 1 is 0.889 bits per heavy atom. The smallest absolute Gasteiger partial charge is 0.339 e. The zero-order valence-electron chi connectivity index (χ0n) is 14.9. The summed E-state index contributed by atoms with van der Waals surface area (Å²) >= 11 is 6.20. The standard InChI is InChI=1S/C21H18ClNO3S/c1-15-3-8-18(9-4-15)23-14-17-7-12-21(20(22)13-17)26-27(24,25)19-10-5-16(2)6-11-19/h3-14H,1-2H3. The third kappa shape index (κ3) is 4.96. The molecule has 0 unspecified atom stereocenters. The molecule has 0 radical (unpaired) electrons. The van der Waals surface area contributed by atoms with Crippen LogP contribution >= 0.6 is 11.6 Å². The predicted molar refractivity (Wildman–Crippen MR) is 109 cm³/mol. The van der Waals surface area contributed by atoms with Gasteiger partial charge in [0, 0.05) is 6.21 Å². The van der Waals surface area contributed by atoms with Crippen LogP contribution in [-0.4, -0.2) is 14.6 Å². The van der Waals surface area contributed by atoms with Crippen molar-refractivity contribution in [2.24, 2.45) is 4.99 Å². The van der Waals surface area contributed by atoms with Gasteiger partial charge in [-0.3, -0.25) is 4.99 Å². The summed E-state index contributed by atoms with van der Waals surface area (Å²) in [4.78, 5) is 4.45. The number of aryl methyl sites for hydroxylation is 2. The molecular weight excluding hydrogens is 382 g/mol. The van der Waals surface area contributed by atoms with Crippen LogP contribution in [0, 0.1) is 13.8 Å². The average Bonchev–Trinajstić information content (AvgIpc) is 2.63. The summed E-state index contributed by atoms with van der Waals surface area (Å²) in [5, 5.41) is 0.193. The zero-order valence-corrected chi connectivity index (χ0v) is 16.5. The third-order valence-corrected chi connectivity index (χ3v) is 5.41. The molecule has 0 aliphatic carbocycles. The number of halogens is 1. The van der Waals surface area contributed by atoms with Crippen molar-refractivity contribution in [1.82, 2.24) is 0 Å². The third-order valence-electron chi connectivity index (χ3n) is 3.86. The predicted octanol–water partition coefficient (Wildman–Crippen LogP) is 5.48. The van der Waals surface area contributed by atoms with Crippen molar-refractivity contribution in [3.63, 3.8) is 0 Å². The van der Waals surface area contributed by atoms with E-state index < -0.39 is 10.1 Å². The minimum absolute atomic E-state index is 0.0738. The molecule has 0 fully saturated rings. The van der Waals surface area contributed by atoms with E-state index >= 15 is 0 Å². The highest BCUT2D eigenvalue weighted by Crippen LogP contribution is 2.28. The van der Waals surface area contributed by atoms with Crippen molar-refractivity contribution in [1.29, 1.82) is 0 Å². The lowest BCUT2D eigenvalue weighted by Crippen LogP contribution is -2.10. The summed E-state index contributed by atoms with van der Waals surface area (Å²) in [6.07, 6.45) is 1.66. The van der Waals surface area contributed by atoms with Crippen LogP contribution in [0.15, 0.2) is 76.6 Å². The molecule has 0 heterocycles. The van der Waals surface area contributed by atoms with Gasteiger partial charge < -0.3 is 4.18 Å². The zero-order chi connectivity index (χ0) is 19.4. The maximum atomic E-state index is 12.4. The second kappa shape index (κ2) is 7.94. The van der Waals surface area contributed by atoms with Crippen molar-refractivity contribution in [3.05, 3.63) is 88.4 Å². The van der Waals surface area contributed by atoms with Crippen LogP contribution in [0.4, 0.5) is 5.69 Å². The first kappa shape index (κ1) is 19.1. The summed E-state index contributed by atoms with van der Waals surface area (Å²) in [6, 6.07) is 19.0. The highest BCUT2D eigenvalue weighted by Gasteiger charge is 2.18. The van der Waals surface area contributed by atoms with Crippen LogP contribution in [0.5, 0.6) is 5.75 Å². The summed E-state index contributed by atoms with van der Waals surface area (Å²) in [5.41, 5.74) is 3.68. The molecule has 0 N–H and O–H groups in total. The first-order chi connectivity index (χ1) is 12.8. The van der Waals surface area contributed by atoms with Gasteiger partial charge in [-0.25, -0.2) is 0 Å². The van der Waals surface area contributed by atoms with E-state index in [2.05, 4.69) is 4.99 Å². The van der Waals surface area contributed by atoms with Gasteiger partial charge in [0.15, 0.2) is 5.75 Å². The number of nitrogens with zero attached hydrogens (tertiary/aromatic N) is 1. The summed E-state index contributed by atoms with van der Waals surface area (Å²) < 4.78 is 29.9. The molecule has 0 bridgehead atoms. The highest BCUT2D eigenvalue weighted by atomic mass is 35.5. The quantitative estimate of drug-likeness (QED) is 0.422. The van der Waals surface area contributed by atoms with Crippen LogP contribution in [0.25, 0.3) is 0 Å². The average molecular weight is 400 g/mol. The van der Waals surface area contributed by atoms with E-state index in [9.17, 15) is 8.42 Å². The molecule has 27 heavy (non-hydrogen) atoms. The van der Waals surface area contributed by atoms with Gasteiger partial charge in [0.05, 0.1) is 10.7 Å². The van der Waals surface area contributed by atoms with E-state index in [1.54, 1.807) is 30.5 Å². The molecule has 0 amide bonds. The maximum Gasteiger partial charge on any atom is 0.339 e. The van der Waals surface area contributed by atoms with Gasteiger partial charge in [-0.1, -0.05) is 47.0 Å². The van der Waals surface area contributed by atoms with Gasteiger partial charge >= 0.3 is 10.1 Å². The lowest BCUT2D eigenvalue weighted by molar-refractivity contribution is 0.486. The number of hydrogen-bond donors (Lipinski definition) is 0. The molecule has 0 saturated heterocycles. The van der Waals surface area contributed by atoms with Crippen molar-refractivity contribution < 1.29 is 12.6 Å². The number of aliphatic imine (C=N–C) groups is 1. The van der Waals surface area contributed by atoms with Crippen LogP contribution in [-0.2, 0) is 10.1 Å². The van der Waals surface area contributed by atoms with Crippen molar-refractivity contribution >= 4 is 33.6 Å². The lowest BCUT2D eigenvalue weighted by Gasteiger charge is -2.09. The summed E-state index contributed by atoms with van der Waals surface area (Å²) in [6.45, 7) is 3.89. The van der Waals surface area contributed by atoms with Gasteiger partial charge in [0.25, 0.3) is 0 Å². The topological polar surface area (TPSA) is 55.7 Å². The molecule has 6 heteroatoms. The summed E-state index contributed by atoms with van der Waals surface area (Å²) in [5.74, 6) is 0.0738. The van der Waals surface area contributed by atoms with E-state index in [1.807, 2.05) is 38.1 Å². The summed E-state index contributed by atoms with van der Waals surface area (Å²) in [7, 11) is -3.94. The molecule has 138 valence electrons. The van der Waals surface area contributed by atoms with Gasteiger partial charge in [-0.2, -0.15) is 8.42 Å². The second-order valence-electron chi connectivity index (χ2n) is 6.13. The molecule has 3 aromatic carbocycles. The fourth-order valence-corrected chi connectivity index (χ4v) is 3.54. The Bertz CT molecular complexity index is 1070. The van der Waals surface area contributed by atoms with Gasteiger partial charge in [-0.15, -0.1) is 0 Å². The number of rotatable bonds is 5. The Balaban J connectivity index is 1.78. The molecule has 0 atom stereocenters. The van der Waals surface area contributed by atoms with Crippen molar-refractivity contribution in [2.45, 2.75) is 18.7 Å². The first-order valence-corrected chi connectivity index (χ1v) is 10.0. The SMILES string of the molecule is Cc1ccc(N=Cc2ccc(OS(=O)(=O)c3ccc(C)cc3)c(Cl)c2)cc1. The molecule has 3 aromatic rings. The number of hydrogen-bond acceptors (Lipinski definition) is 4. The largest absolute Gasteiger partial charge is 0.377 e. The molecule has 0 aliphatic rings. The first-order valence-electron chi connectivity index (χ1n) is 8.25. The lowest BCUT2D eigenvalue weighted by atomic mass is 10.2. The Morgan fingerprint density at radius 2 is 1.48 bits per heavy atom. The van der Waals surface area contributed by atoms with E-state index in [-0.39, 0.29) is 15.7 Å². The van der Waals surface area contributed by atoms with Crippen LogP contribution in [0.3, 0.4) is 0 Å². The van der Waals surface area contributed by atoms with Crippen LogP contribution < -0.4 is 4.18 Å². The Morgan fingerprint density at radius 3 is 2.07 bits per heavy atom. The Hall–Kier alpha value is -2.63. The molecule has 0 spiro atoms. The highest BCUT2D eigenvalue weighted by molar-refractivity contribution is 7.87. The van der Waals surface area contributed by atoms with E-state index in [1.165, 1.54) is 18.2 Å². The normalized spacial score (nSPS) is 11.7. The molecular formula is C21H18ClNO3S. The van der Waals surface area contributed by atoms with Gasteiger partial charge in [0.1, 0.15) is 4.90 Å². The van der Waals surface area contributed by atoms with Crippen LogP contribution in [0.1, 0.15) is 16.7 Å². The maximum absolute atomic E-state index is 12.4. The van der Waals surface area contributed by atoms with E-state index in [0.717, 1.165) is 22.4 Å². The fourth-order valence-electron chi connectivity index (χ4n) is 2.32. The Kier molecular flexibility index (Phi) is 5.63.